The fraction of sp³-hybridized carbons (Fsp3) is 0.250. The van der Waals surface area contributed by atoms with E-state index in [0.29, 0.717) is 16.3 Å². The van der Waals surface area contributed by atoms with Crippen molar-refractivity contribution in [3.63, 3.8) is 0 Å². The van der Waals surface area contributed by atoms with E-state index >= 15 is 0 Å². The Balaban J connectivity index is 2.41. The van der Waals surface area contributed by atoms with Gasteiger partial charge in [-0.05, 0) is 30.3 Å². The molecule has 0 N–H and O–H groups in total. The molecule has 0 bridgehead atoms. The predicted molar refractivity (Wildman–Crippen MR) is 91.3 cm³/mol. The molecule has 0 atom stereocenters. The van der Waals surface area contributed by atoms with E-state index in [1.165, 1.54) is 26.3 Å². The molecule has 1 heterocycles. The Hall–Kier alpha value is -2.33. The summed E-state index contributed by atoms with van der Waals surface area (Å²) in [5, 5.41) is -0.972. The highest BCUT2D eigenvalue weighted by atomic mass is 35.5. The maximum Gasteiger partial charge on any atom is 0.503 e. The summed E-state index contributed by atoms with van der Waals surface area (Å²) < 4.78 is 67.2. The van der Waals surface area contributed by atoms with Crippen LogP contribution in [0.2, 0.25) is 5.02 Å². The highest BCUT2D eigenvalue weighted by molar-refractivity contribution is 7.92. The second-order valence-electron chi connectivity index (χ2n) is 5.42. The zero-order chi connectivity index (χ0) is 20.4. The zero-order valence-corrected chi connectivity index (χ0v) is 15.7. The third-order valence-corrected chi connectivity index (χ3v) is 5.24. The Labute approximate surface area is 158 Å². The molecular weight excluding hydrogens is 409 g/mol. The number of benzene rings is 1. The summed E-state index contributed by atoms with van der Waals surface area (Å²) in [5.41, 5.74) is -5.77. The quantitative estimate of drug-likeness (QED) is 0.738. The molecule has 146 valence electrons. The van der Waals surface area contributed by atoms with Crippen molar-refractivity contribution in [2.45, 2.75) is 17.1 Å². The van der Waals surface area contributed by atoms with Crippen LogP contribution in [-0.4, -0.2) is 43.9 Å². The molecule has 0 aliphatic heterocycles. The maximum absolute atomic E-state index is 12.9. The van der Waals surface area contributed by atoms with Crippen LogP contribution in [0.15, 0.2) is 41.6 Å². The summed E-state index contributed by atoms with van der Waals surface area (Å²) in [4.78, 5) is 16.9. The molecule has 0 radical (unpaired) electrons. The second-order valence-corrected chi connectivity index (χ2v) is 7.72. The van der Waals surface area contributed by atoms with E-state index in [2.05, 4.69) is 4.98 Å². The standard InChI is InChI=1S/C16H14ClF3N2O4S/c1-22(9-10-8-11(17)5-6-13(10)26-2)15(23)12-4-3-7-21-14(12)27(24,25)16(18,19)20/h3-8H,9H2,1-2H3. The Morgan fingerprint density at radius 3 is 2.56 bits per heavy atom. The molecule has 0 spiro atoms. The average Bonchev–Trinajstić information content (AvgIpc) is 2.60. The summed E-state index contributed by atoms with van der Waals surface area (Å²) in [7, 11) is -3.07. The lowest BCUT2D eigenvalue weighted by Gasteiger charge is -2.20. The Morgan fingerprint density at radius 2 is 1.96 bits per heavy atom. The molecule has 6 nitrogen and oxygen atoms in total. The Bertz CT molecular complexity index is 964. The van der Waals surface area contributed by atoms with E-state index in [4.69, 9.17) is 16.3 Å². The second kappa shape index (κ2) is 7.73. The van der Waals surface area contributed by atoms with Crippen LogP contribution in [0.4, 0.5) is 13.2 Å². The fourth-order valence-corrected chi connectivity index (χ4v) is 3.34. The molecular formula is C16H14ClF3N2O4S. The van der Waals surface area contributed by atoms with Crippen LogP contribution < -0.4 is 4.74 Å². The number of sulfone groups is 1. The molecule has 1 aromatic heterocycles. The summed E-state index contributed by atoms with van der Waals surface area (Å²) >= 11 is 5.92. The number of carbonyl (C=O) groups is 1. The van der Waals surface area contributed by atoms with E-state index < -0.39 is 31.8 Å². The van der Waals surface area contributed by atoms with Crippen LogP contribution in [0.25, 0.3) is 0 Å². The van der Waals surface area contributed by atoms with Gasteiger partial charge in [-0.2, -0.15) is 13.2 Å². The van der Waals surface area contributed by atoms with Gasteiger partial charge in [-0.3, -0.25) is 4.79 Å². The molecule has 0 aliphatic rings. The number of amides is 1. The van der Waals surface area contributed by atoms with Crippen LogP contribution in [0, 0.1) is 0 Å². The number of nitrogens with zero attached hydrogens (tertiary/aromatic N) is 2. The minimum absolute atomic E-state index is 0.0804. The SMILES string of the molecule is COc1ccc(Cl)cc1CN(C)C(=O)c1cccnc1S(=O)(=O)C(F)(F)F. The summed E-state index contributed by atoms with van der Waals surface area (Å²) in [6.07, 6.45) is 0.870. The fourth-order valence-electron chi connectivity index (χ4n) is 2.28. The van der Waals surface area contributed by atoms with Crippen LogP contribution in [0.1, 0.15) is 15.9 Å². The van der Waals surface area contributed by atoms with Gasteiger partial charge in [0.2, 0.25) is 0 Å². The van der Waals surface area contributed by atoms with Crippen LogP contribution in [0.3, 0.4) is 0 Å². The minimum atomic E-state index is -5.78. The molecule has 1 aromatic carbocycles. The van der Waals surface area contributed by atoms with Crippen molar-refractivity contribution in [2.24, 2.45) is 0 Å². The van der Waals surface area contributed by atoms with Gasteiger partial charge in [0.15, 0.2) is 5.03 Å². The molecule has 0 aliphatic carbocycles. The van der Waals surface area contributed by atoms with Crippen LogP contribution in [-0.2, 0) is 16.4 Å². The Morgan fingerprint density at radius 1 is 1.30 bits per heavy atom. The average molecular weight is 423 g/mol. The first kappa shape index (κ1) is 21.0. The van der Waals surface area contributed by atoms with Crippen molar-refractivity contribution in [1.82, 2.24) is 9.88 Å². The molecule has 0 saturated heterocycles. The van der Waals surface area contributed by atoms with Crippen LogP contribution >= 0.6 is 11.6 Å². The first-order valence-electron chi connectivity index (χ1n) is 7.33. The molecule has 2 aromatic rings. The molecule has 0 unspecified atom stereocenters. The van der Waals surface area contributed by atoms with E-state index in [9.17, 15) is 26.4 Å². The van der Waals surface area contributed by atoms with Gasteiger partial charge in [0, 0.05) is 30.4 Å². The molecule has 0 saturated carbocycles. The Kier molecular flexibility index (Phi) is 6.01. The maximum atomic E-state index is 12.9. The molecule has 27 heavy (non-hydrogen) atoms. The summed E-state index contributed by atoms with van der Waals surface area (Å²) in [6.45, 7) is -0.0804. The molecule has 1 amide bonds. The number of rotatable bonds is 5. The topological polar surface area (TPSA) is 76.6 Å². The lowest BCUT2D eigenvalue weighted by Crippen LogP contribution is -2.31. The summed E-state index contributed by atoms with van der Waals surface area (Å²) in [6, 6.07) is 6.82. The highest BCUT2D eigenvalue weighted by Gasteiger charge is 2.49. The van der Waals surface area contributed by atoms with Gasteiger partial charge < -0.3 is 9.64 Å². The number of carbonyl (C=O) groups excluding carboxylic acids is 1. The van der Waals surface area contributed by atoms with Gasteiger partial charge in [0.25, 0.3) is 15.7 Å². The monoisotopic (exact) mass is 422 g/mol. The first-order valence-corrected chi connectivity index (χ1v) is 9.19. The van der Waals surface area contributed by atoms with Crippen molar-refractivity contribution < 1.29 is 31.1 Å². The van der Waals surface area contributed by atoms with Gasteiger partial charge in [0.1, 0.15) is 5.75 Å². The molecule has 2 rings (SSSR count). The zero-order valence-electron chi connectivity index (χ0n) is 14.1. The van der Waals surface area contributed by atoms with Gasteiger partial charge >= 0.3 is 5.51 Å². The lowest BCUT2D eigenvalue weighted by atomic mass is 10.1. The number of hydrogen-bond acceptors (Lipinski definition) is 5. The smallest absolute Gasteiger partial charge is 0.496 e. The van der Waals surface area contributed by atoms with Crippen molar-refractivity contribution in [2.75, 3.05) is 14.2 Å². The van der Waals surface area contributed by atoms with Crippen LogP contribution in [0.5, 0.6) is 5.75 Å². The van der Waals surface area contributed by atoms with Gasteiger partial charge in [-0.25, -0.2) is 13.4 Å². The number of halogens is 4. The van der Waals surface area contributed by atoms with Crippen molar-refractivity contribution in [3.05, 3.63) is 52.7 Å². The predicted octanol–water partition coefficient (Wildman–Crippen LogP) is 3.31. The van der Waals surface area contributed by atoms with Gasteiger partial charge in [-0.15, -0.1) is 0 Å². The van der Waals surface area contributed by atoms with Gasteiger partial charge in [-0.1, -0.05) is 11.6 Å². The third-order valence-electron chi connectivity index (χ3n) is 3.56. The van der Waals surface area contributed by atoms with Crippen molar-refractivity contribution in [1.29, 1.82) is 0 Å². The van der Waals surface area contributed by atoms with E-state index in [0.717, 1.165) is 17.2 Å². The molecule has 0 fully saturated rings. The normalized spacial score (nSPS) is 11.9. The number of ether oxygens (including phenoxy) is 1. The van der Waals surface area contributed by atoms with Gasteiger partial charge in [0.05, 0.1) is 12.7 Å². The van der Waals surface area contributed by atoms with Crippen molar-refractivity contribution >= 4 is 27.3 Å². The number of alkyl halides is 3. The van der Waals surface area contributed by atoms with Crippen molar-refractivity contribution in [3.8, 4) is 5.75 Å². The number of hydrogen-bond donors (Lipinski definition) is 0. The molecule has 11 heteroatoms. The van der Waals surface area contributed by atoms with E-state index in [1.54, 1.807) is 12.1 Å². The lowest BCUT2D eigenvalue weighted by molar-refractivity contribution is -0.0438. The summed E-state index contributed by atoms with van der Waals surface area (Å²) in [5.74, 6) is -0.540. The third kappa shape index (κ3) is 4.33. The van der Waals surface area contributed by atoms with E-state index in [1.807, 2.05) is 0 Å². The number of pyridine rings is 1. The largest absolute Gasteiger partial charge is 0.503 e. The van der Waals surface area contributed by atoms with E-state index in [-0.39, 0.29) is 6.54 Å². The number of aromatic nitrogens is 1. The minimum Gasteiger partial charge on any atom is -0.496 e. The first-order chi connectivity index (χ1) is 12.5. The number of methoxy groups -OCH3 is 1. The highest BCUT2D eigenvalue weighted by Crippen LogP contribution is 2.31.